The summed E-state index contributed by atoms with van der Waals surface area (Å²) in [7, 11) is 5.47. The zero-order valence-electron chi connectivity index (χ0n) is 20.9. The van der Waals surface area contributed by atoms with Crippen molar-refractivity contribution >= 4 is 22.7 Å². The number of aliphatic hydroxyl groups is 1. The van der Waals surface area contributed by atoms with Crippen LogP contribution >= 0.6 is 0 Å². The van der Waals surface area contributed by atoms with E-state index in [4.69, 9.17) is 9.15 Å². The molecular formula is C28H32N2O5. The number of hydrogen-bond donors (Lipinski definition) is 1. The molecule has 35 heavy (non-hydrogen) atoms. The van der Waals surface area contributed by atoms with Gasteiger partial charge in [-0.05, 0) is 56.2 Å². The van der Waals surface area contributed by atoms with E-state index in [1.54, 1.807) is 17.0 Å². The van der Waals surface area contributed by atoms with E-state index < -0.39 is 23.5 Å². The number of carbonyl (C=O) groups is 2. The summed E-state index contributed by atoms with van der Waals surface area (Å²) >= 11 is 0. The molecule has 1 atom stereocenters. The first-order chi connectivity index (χ1) is 16.7. The number of ketones is 1. The molecule has 0 saturated heterocycles. The molecule has 1 aromatic heterocycles. The number of ether oxygens (including phenoxy) is 1. The van der Waals surface area contributed by atoms with Gasteiger partial charge < -0.3 is 24.1 Å². The van der Waals surface area contributed by atoms with Gasteiger partial charge in [-0.2, -0.15) is 0 Å². The molecule has 184 valence electrons. The highest BCUT2D eigenvalue weighted by Crippen LogP contribution is 2.40. The van der Waals surface area contributed by atoms with Crippen molar-refractivity contribution in [3.8, 4) is 5.75 Å². The second-order valence-electron chi connectivity index (χ2n) is 9.46. The number of methoxy groups -OCH3 is 1. The molecule has 0 fully saturated rings. The fourth-order valence-electron chi connectivity index (χ4n) is 4.52. The van der Waals surface area contributed by atoms with E-state index >= 15 is 0 Å². The van der Waals surface area contributed by atoms with E-state index in [0.29, 0.717) is 35.6 Å². The van der Waals surface area contributed by atoms with Gasteiger partial charge in [0.2, 0.25) is 5.78 Å². The van der Waals surface area contributed by atoms with Crippen molar-refractivity contribution in [1.29, 1.82) is 0 Å². The molecule has 4 rings (SSSR count). The molecule has 7 nitrogen and oxygen atoms in total. The Labute approximate surface area is 205 Å². The summed E-state index contributed by atoms with van der Waals surface area (Å²) in [6, 6.07) is 14.2. The number of amides is 1. The Balaban J connectivity index is 1.76. The number of rotatable bonds is 9. The zero-order chi connectivity index (χ0) is 25.3. The molecule has 7 heteroatoms. The van der Waals surface area contributed by atoms with Crippen molar-refractivity contribution < 1.29 is 23.8 Å². The number of aliphatic hydroxyl groups excluding tert-OH is 1. The molecule has 0 saturated carbocycles. The van der Waals surface area contributed by atoms with Gasteiger partial charge >= 0.3 is 0 Å². The van der Waals surface area contributed by atoms with Gasteiger partial charge in [-0.3, -0.25) is 9.59 Å². The zero-order valence-corrected chi connectivity index (χ0v) is 20.9. The van der Waals surface area contributed by atoms with Crippen molar-refractivity contribution in [2.45, 2.75) is 32.2 Å². The number of Topliss-reactive ketones (excluding diaryl/α,β-unsaturated/α-hetero) is 1. The number of para-hydroxylation sites is 1. The van der Waals surface area contributed by atoms with Crippen molar-refractivity contribution in [2.24, 2.45) is 0 Å². The van der Waals surface area contributed by atoms with Gasteiger partial charge in [0, 0.05) is 11.9 Å². The van der Waals surface area contributed by atoms with E-state index in [2.05, 4.69) is 13.8 Å². The molecule has 2 heterocycles. The van der Waals surface area contributed by atoms with Gasteiger partial charge in [-0.25, -0.2) is 0 Å². The summed E-state index contributed by atoms with van der Waals surface area (Å²) in [5.41, 5.74) is 2.41. The van der Waals surface area contributed by atoms with Crippen LogP contribution in [0.25, 0.3) is 11.0 Å². The predicted molar refractivity (Wildman–Crippen MR) is 135 cm³/mol. The van der Waals surface area contributed by atoms with Gasteiger partial charge in [0.1, 0.15) is 0 Å². The highest BCUT2D eigenvalue weighted by Gasteiger charge is 2.44. The summed E-state index contributed by atoms with van der Waals surface area (Å²) in [6.07, 6.45) is 0.704. The number of furan rings is 1. The largest absolute Gasteiger partial charge is 0.503 e. The lowest BCUT2D eigenvalue weighted by atomic mass is 9.93. The lowest BCUT2D eigenvalue weighted by molar-refractivity contribution is -0.129. The second-order valence-corrected chi connectivity index (χ2v) is 9.46. The molecule has 0 bridgehead atoms. The Morgan fingerprint density at radius 3 is 2.51 bits per heavy atom. The molecule has 3 aromatic rings. The van der Waals surface area contributed by atoms with Crippen LogP contribution in [-0.4, -0.2) is 60.9 Å². The molecule has 1 N–H and O–H groups in total. The highest BCUT2D eigenvalue weighted by molar-refractivity contribution is 6.16. The summed E-state index contributed by atoms with van der Waals surface area (Å²) in [5.74, 6) is -0.668. The van der Waals surface area contributed by atoms with Crippen LogP contribution in [0.15, 0.2) is 64.3 Å². The Bertz CT molecular complexity index is 1270. The van der Waals surface area contributed by atoms with Crippen molar-refractivity contribution in [2.75, 3.05) is 34.3 Å². The molecular weight excluding hydrogens is 444 g/mol. The van der Waals surface area contributed by atoms with Gasteiger partial charge in [-0.1, -0.05) is 50.2 Å². The molecule has 0 unspecified atom stereocenters. The fourth-order valence-corrected chi connectivity index (χ4v) is 4.52. The summed E-state index contributed by atoms with van der Waals surface area (Å²) in [5, 5.41) is 11.6. The van der Waals surface area contributed by atoms with Crippen LogP contribution in [0.4, 0.5) is 0 Å². The fraction of sp³-hybridized carbons (Fsp3) is 0.357. The van der Waals surface area contributed by atoms with Crippen LogP contribution in [0.1, 0.15) is 53.9 Å². The van der Waals surface area contributed by atoms with Crippen LogP contribution in [0.3, 0.4) is 0 Å². The Morgan fingerprint density at radius 2 is 1.89 bits per heavy atom. The Kier molecular flexibility index (Phi) is 6.98. The lowest BCUT2D eigenvalue weighted by Crippen LogP contribution is -2.33. The number of benzene rings is 2. The van der Waals surface area contributed by atoms with E-state index in [-0.39, 0.29) is 11.3 Å². The minimum absolute atomic E-state index is 0.0372. The summed E-state index contributed by atoms with van der Waals surface area (Å²) in [6.45, 7) is 5.40. The normalized spacial score (nSPS) is 16.3. The molecule has 0 radical (unpaired) electrons. The van der Waals surface area contributed by atoms with Gasteiger partial charge in [0.25, 0.3) is 5.91 Å². The topological polar surface area (TPSA) is 83.2 Å². The number of fused-ring (bicyclic) bond motifs is 1. The number of hydrogen-bond acceptors (Lipinski definition) is 6. The molecule has 1 aliphatic rings. The monoisotopic (exact) mass is 476 g/mol. The summed E-state index contributed by atoms with van der Waals surface area (Å²) in [4.78, 5) is 30.5. The van der Waals surface area contributed by atoms with Crippen molar-refractivity contribution in [3.63, 3.8) is 0 Å². The minimum Gasteiger partial charge on any atom is -0.503 e. The first-order valence-corrected chi connectivity index (χ1v) is 11.8. The third kappa shape index (κ3) is 4.68. The predicted octanol–water partition coefficient (Wildman–Crippen LogP) is 5.09. The average Bonchev–Trinajstić information content (AvgIpc) is 3.38. The number of carbonyl (C=O) groups excluding carboxylic acids is 2. The first kappa shape index (κ1) is 24.5. The van der Waals surface area contributed by atoms with E-state index in [9.17, 15) is 14.7 Å². The first-order valence-electron chi connectivity index (χ1n) is 11.8. The van der Waals surface area contributed by atoms with Crippen LogP contribution in [-0.2, 0) is 4.79 Å². The highest BCUT2D eigenvalue weighted by atomic mass is 16.5. The third-order valence-electron chi connectivity index (χ3n) is 6.42. The maximum atomic E-state index is 13.7. The van der Waals surface area contributed by atoms with E-state index in [0.717, 1.165) is 17.7 Å². The van der Waals surface area contributed by atoms with Crippen molar-refractivity contribution in [3.05, 3.63) is 76.8 Å². The van der Waals surface area contributed by atoms with Crippen LogP contribution in [0, 0.1) is 0 Å². The van der Waals surface area contributed by atoms with Gasteiger partial charge in [-0.15, -0.1) is 0 Å². The minimum atomic E-state index is -0.700. The SMILES string of the molecule is COc1cccc2cc(C(=O)C3=C(O)C(=O)N(CCCN(C)C)[C@@H]3c3ccc(C(C)C)cc3)oc12. The van der Waals surface area contributed by atoms with E-state index in [1.165, 1.54) is 7.11 Å². The maximum absolute atomic E-state index is 13.7. The second kappa shape index (κ2) is 9.96. The molecule has 0 aliphatic carbocycles. The van der Waals surface area contributed by atoms with Gasteiger partial charge in [0.15, 0.2) is 22.9 Å². The molecule has 1 amide bonds. The quantitative estimate of drug-likeness (QED) is 0.433. The molecule has 0 spiro atoms. The molecule has 2 aromatic carbocycles. The van der Waals surface area contributed by atoms with E-state index in [1.807, 2.05) is 55.4 Å². The Hall–Kier alpha value is -3.58. The Morgan fingerprint density at radius 1 is 1.17 bits per heavy atom. The number of nitrogens with zero attached hydrogens (tertiary/aromatic N) is 2. The van der Waals surface area contributed by atoms with Crippen LogP contribution < -0.4 is 4.74 Å². The third-order valence-corrected chi connectivity index (χ3v) is 6.42. The van der Waals surface area contributed by atoms with Crippen LogP contribution in [0.2, 0.25) is 0 Å². The summed E-state index contributed by atoms with van der Waals surface area (Å²) < 4.78 is 11.2. The lowest BCUT2D eigenvalue weighted by Gasteiger charge is -2.27. The van der Waals surface area contributed by atoms with Crippen molar-refractivity contribution in [1.82, 2.24) is 9.80 Å². The average molecular weight is 477 g/mol. The smallest absolute Gasteiger partial charge is 0.290 e. The van der Waals surface area contributed by atoms with Crippen LogP contribution in [0.5, 0.6) is 5.75 Å². The molecule has 1 aliphatic heterocycles. The maximum Gasteiger partial charge on any atom is 0.290 e. The standard InChI is InChI=1S/C28H32N2O5/c1-17(2)18-10-12-19(13-11-18)24-23(26(32)28(33)30(24)15-7-14-29(3)4)25(31)22-16-20-8-6-9-21(34-5)27(20)35-22/h6,8-13,16-17,24,32H,7,14-15H2,1-5H3/t24-/m1/s1. The van der Waals surface area contributed by atoms with Gasteiger partial charge in [0.05, 0.1) is 18.7 Å².